The van der Waals surface area contributed by atoms with Crippen LogP contribution in [0.15, 0.2) is 71.2 Å². The second-order valence-corrected chi connectivity index (χ2v) is 11.0. The van der Waals surface area contributed by atoms with Gasteiger partial charge in [0.15, 0.2) is 5.75 Å². The molecule has 0 atom stereocenters. The van der Waals surface area contributed by atoms with Crippen LogP contribution >= 0.6 is 22.9 Å². The first kappa shape index (κ1) is 25.7. The molecule has 3 aromatic carbocycles. The summed E-state index contributed by atoms with van der Waals surface area (Å²) in [4.78, 5) is 16.4. The van der Waals surface area contributed by atoms with Crippen LogP contribution in [-0.2, 0) is 14.8 Å². The summed E-state index contributed by atoms with van der Waals surface area (Å²) in [7, 11) is -4.58. The summed E-state index contributed by atoms with van der Waals surface area (Å²) in [6.07, 6.45) is 1.52. The first-order valence-corrected chi connectivity index (χ1v) is 13.3. The number of anilines is 1. The van der Waals surface area contributed by atoms with E-state index in [1.54, 1.807) is 49.7 Å². The van der Waals surface area contributed by atoms with E-state index in [0.717, 1.165) is 6.07 Å². The lowest BCUT2D eigenvalue weighted by Gasteiger charge is -2.17. The number of ether oxygens (including phenoxy) is 1. The van der Waals surface area contributed by atoms with Gasteiger partial charge in [0.2, 0.25) is 0 Å². The standard InChI is InChI=1S/C25H19ClF2N2O4S2/c1-14(2)25(31)34-24-18(26)8-16(22-12-29-13-35-22)9-23(24)36(32,33)30-21-10-17(19(27)11-20(21)28)15-6-4-3-5-7-15/h3-14,30H,1-2H3. The minimum Gasteiger partial charge on any atom is -0.423 e. The maximum Gasteiger partial charge on any atom is 0.313 e. The number of aromatic nitrogens is 1. The van der Waals surface area contributed by atoms with E-state index in [-0.39, 0.29) is 10.6 Å². The maximum atomic E-state index is 14.7. The molecule has 0 amide bonds. The van der Waals surface area contributed by atoms with Crippen LogP contribution in [0.5, 0.6) is 5.75 Å². The van der Waals surface area contributed by atoms with Crippen molar-refractivity contribution in [1.29, 1.82) is 0 Å². The summed E-state index contributed by atoms with van der Waals surface area (Å²) in [5.74, 6) is -3.67. The van der Waals surface area contributed by atoms with Crippen molar-refractivity contribution in [2.75, 3.05) is 4.72 Å². The number of carbonyl (C=O) groups excluding carboxylic acids is 1. The van der Waals surface area contributed by atoms with Gasteiger partial charge in [0, 0.05) is 17.8 Å². The lowest BCUT2D eigenvalue weighted by Crippen LogP contribution is -2.20. The molecular formula is C25H19ClF2N2O4S2. The van der Waals surface area contributed by atoms with Crippen molar-refractivity contribution in [3.05, 3.63) is 83.0 Å². The second kappa shape index (κ2) is 10.3. The van der Waals surface area contributed by atoms with Crippen molar-refractivity contribution >= 4 is 44.6 Å². The third kappa shape index (κ3) is 5.40. The smallest absolute Gasteiger partial charge is 0.313 e. The Morgan fingerprint density at radius 3 is 2.42 bits per heavy atom. The van der Waals surface area contributed by atoms with Crippen LogP contribution in [0.25, 0.3) is 21.6 Å². The highest BCUT2D eigenvalue weighted by Gasteiger charge is 2.28. The molecule has 0 fully saturated rings. The summed E-state index contributed by atoms with van der Waals surface area (Å²) >= 11 is 7.60. The molecule has 4 rings (SSSR count). The Balaban J connectivity index is 1.83. The predicted molar refractivity (Wildman–Crippen MR) is 136 cm³/mol. The fraction of sp³-hybridized carbons (Fsp3) is 0.120. The van der Waals surface area contributed by atoms with Crippen molar-refractivity contribution in [1.82, 2.24) is 4.98 Å². The van der Waals surface area contributed by atoms with Crippen molar-refractivity contribution in [2.45, 2.75) is 18.7 Å². The van der Waals surface area contributed by atoms with Crippen LogP contribution in [0.4, 0.5) is 14.5 Å². The predicted octanol–water partition coefficient (Wildman–Crippen LogP) is 6.77. The summed E-state index contributed by atoms with van der Waals surface area (Å²) in [5.41, 5.74) is 1.89. The molecule has 1 aromatic heterocycles. The van der Waals surface area contributed by atoms with Crippen molar-refractivity contribution in [2.24, 2.45) is 5.92 Å². The van der Waals surface area contributed by atoms with Crippen LogP contribution in [0.3, 0.4) is 0 Å². The Bertz CT molecular complexity index is 1530. The lowest BCUT2D eigenvalue weighted by atomic mass is 10.0. The molecule has 0 aliphatic rings. The number of carbonyl (C=O) groups is 1. The monoisotopic (exact) mass is 548 g/mol. The number of nitrogens with one attached hydrogen (secondary N) is 1. The van der Waals surface area contributed by atoms with E-state index < -0.39 is 49.9 Å². The highest BCUT2D eigenvalue weighted by Crippen LogP contribution is 2.40. The van der Waals surface area contributed by atoms with Crippen LogP contribution in [0, 0.1) is 17.6 Å². The molecule has 0 aliphatic carbocycles. The van der Waals surface area contributed by atoms with Crippen LogP contribution in [0.1, 0.15) is 13.8 Å². The van der Waals surface area contributed by atoms with Gasteiger partial charge in [-0.15, -0.1) is 11.3 Å². The molecule has 0 unspecified atom stereocenters. The van der Waals surface area contributed by atoms with Gasteiger partial charge in [-0.1, -0.05) is 55.8 Å². The number of benzene rings is 3. The van der Waals surface area contributed by atoms with E-state index in [2.05, 4.69) is 9.71 Å². The molecular weight excluding hydrogens is 530 g/mol. The van der Waals surface area contributed by atoms with Gasteiger partial charge in [0.05, 0.1) is 27.0 Å². The van der Waals surface area contributed by atoms with Crippen molar-refractivity contribution in [3.63, 3.8) is 0 Å². The van der Waals surface area contributed by atoms with Crippen molar-refractivity contribution < 1.29 is 26.7 Å². The summed E-state index contributed by atoms with van der Waals surface area (Å²) < 4.78 is 63.7. The van der Waals surface area contributed by atoms with Crippen LogP contribution in [0.2, 0.25) is 5.02 Å². The largest absolute Gasteiger partial charge is 0.423 e. The first-order valence-electron chi connectivity index (χ1n) is 10.6. The molecule has 0 spiro atoms. The van der Waals surface area contributed by atoms with Gasteiger partial charge in [-0.2, -0.15) is 0 Å². The number of nitrogens with zero attached hydrogens (tertiary/aromatic N) is 1. The lowest BCUT2D eigenvalue weighted by molar-refractivity contribution is -0.137. The first-order chi connectivity index (χ1) is 17.1. The number of hydrogen-bond donors (Lipinski definition) is 1. The highest BCUT2D eigenvalue weighted by atomic mass is 35.5. The van der Waals surface area contributed by atoms with E-state index in [1.807, 2.05) is 0 Å². The number of halogens is 3. The van der Waals surface area contributed by atoms with Gasteiger partial charge in [0.25, 0.3) is 10.0 Å². The summed E-state index contributed by atoms with van der Waals surface area (Å²) in [6, 6.07) is 12.6. The quantitative estimate of drug-likeness (QED) is 0.203. The summed E-state index contributed by atoms with van der Waals surface area (Å²) in [6.45, 7) is 3.15. The van der Waals surface area contributed by atoms with Crippen molar-refractivity contribution in [3.8, 4) is 27.3 Å². The number of hydrogen-bond acceptors (Lipinski definition) is 6. The van der Waals surface area contributed by atoms with Crippen LogP contribution in [-0.4, -0.2) is 19.4 Å². The average Bonchev–Trinajstić information content (AvgIpc) is 3.37. The maximum absolute atomic E-state index is 14.7. The Morgan fingerprint density at radius 2 is 1.78 bits per heavy atom. The zero-order valence-electron chi connectivity index (χ0n) is 19.0. The molecule has 0 radical (unpaired) electrons. The van der Waals surface area contributed by atoms with Gasteiger partial charge < -0.3 is 4.74 Å². The van der Waals surface area contributed by atoms with E-state index in [4.69, 9.17) is 16.3 Å². The molecule has 6 nitrogen and oxygen atoms in total. The Labute approximate surface area is 215 Å². The molecule has 186 valence electrons. The van der Waals surface area contributed by atoms with Gasteiger partial charge in [0.1, 0.15) is 16.5 Å². The fourth-order valence-corrected chi connectivity index (χ4v) is 5.41. The Morgan fingerprint density at radius 1 is 1.06 bits per heavy atom. The zero-order valence-corrected chi connectivity index (χ0v) is 21.3. The molecule has 11 heteroatoms. The second-order valence-electron chi connectivity index (χ2n) is 8.01. The molecule has 36 heavy (non-hydrogen) atoms. The average molecular weight is 549 g/mol. The zero-order chi connectivity index (χ0) is 26.0. The minimum absolute atomic E-state index is 0.00222. The van der Waals surface area contributed by atoms with Crippen LogP contribution < -0.4 is 9.46 Å². The van der Waals surface area contributed by atoms with Gasteiger partial charge >= 0.3 is 5.97 Å². The number of thiazole rings is 1. The summed E-state index contributed by atoms with van der Waals surface area (Å²) in [5, 5.41) is -0.139. The topological polar surface area (TPSA) is 85.4 Å². The van der Waals surface area contributed by atoms with Gasteiger partial charge in [-0.05, 0) is 29.3 Å². The normalized spacial score (nSPS) is 11.5. The minimum atomic E-state index is -4.58. The Kier molecular flexibility index (Phi) is 7.39. The van der Waals surface area contributed by atoms with E-state index in [1.165, 1.54) is 29.7 Å². The molecule has 4 aromatic rings. The molecule has 0 saturated carbocycles. The van der Waals surface area contributed by atoms with Gasteiger partial charge in [-0.25, -0.2) is 17.2 Å². The molecule has 0 aliphatic heterocycles. The van der Waals surface area contributed by atoms with E-state index in [9.17, 15) is 22.0 Å². The fourth-order valence-electron chi connectivity index (χ4n) is 3.25. The Hall–Kier alpha value is -3.34. The molecule has 1 N–H and O–H groups in total. The molecule has 0 bridgehead atoms. The number of esters is 1. The number of rotatable bonds is 7. The third-order valence-electron chi connectivity index (χ3n) is 5.08. The highest BCUT2D eigenvalue weighted by molar-refractivity contribution is 7.92. The number of sulfonamides is 1. The SMILES string of the molecule is CC(C)C(=O)Oc1c(Cl)cc(-c2cncs2)cc1S(=O)(=O)Nc1cc(-c2ccccc2)c(F)cc1F. The van der Waals surface area contributed by atoms with E-state index >= 15 is 0 Å². The molecule has 0 saturated heterocycles. The van der Waals surface area contributed by atoms with Gasteiger partial charge in [-0.3, -0.25) is 14.5 Å². The molecule has 1 heterocycles. The van der Waals surface area contributed by atoms with E-state index in [0.29, 0.717) is 22.1 Å². The third-order valence-corrected chi connectivity index (χ3v) is 7.55.